The minimum Gasteiger partial charge on any atom is -0.317 e. The zero-order valence-corrected chi connectivity index (χ0v) is 19.4. The number of fused-ring (bicyclic) bond motifs is 1. The molecule has 7 nitrogen and oxygen atoms in total. The van der Waals surface area contributed by atoms with Crippen LogP contribution in [0.3, 0.4) is 0 Å². The topological polar surface area (TPSA) is 65.1 Å². The molecular formula is C22H28BrN5O2. The van der Waals surface area contributed by atoms with Gasteiger partial charge in [-0.15, -0.1) is 0 Å². The molecule has 8 heteroatoms. The molecule has 0 bridgehead atoms. The first-order valence-electron chi connectivity index (χ1n) is 10.5. The summed E-state index contributed by atoms with van der Waals surface area (Å²) in [6.45, 7) is 4.49. The molecule has 3 heterocycles. The predicted molar refractivity (Wildman–Crippen MR) is 122 cm³/mol. The van der Waals surface area contributed by atoms with Crippen molar-refractivity contribution in [3.63, 3.8) is 0 Å². The van der Waals surface area contributed by atoms with Crippen molar-refractivity contribution < 1.29 is 0 Å². The molecule has 1 fully saturated rings. The molecule has 0 aliphatic carbocycles. The van der Waals surface area contributed by atoms with Gasteiger partial charge in [0.15, 0.2) is 11.2 Å². The zero-order valence-electron chi connectivity index (χ0n) is 17.8. The van der Waals surface area contributed by atoms with E-state index in [2.05, 4.69) is 27.8 Å². The fourth-order valence-corrected chi connectivity index (χ4v) is 4.73. The molecule has 1 unspecified atom stereocenters. The van der Waals surface area contributed by atoms with Crippen molar-refractivity contribution in [1.82, 2.24) is 23.6 Å². The summed E-state index contributed by atoms with van der Waals surface area (Å²) in [6, 6.07) is 8.62. The number of benzene rings is 1. The largest absolute Gasteiger partial charge is 0.332 e. The smallest absolute Gasteiger partial charge is 0.317 e. The Morgan fingerprint density at radius 1 is 1.07 bits per heavy atom. The Morgan fingerprint density at radius 2 is 1.80 bits per heavy atom. The fourth-order valence-electron chi connectivity index (χ4n) is 4.47. The van der Waals surface area contributed by atoms with Crippen LogP contribution in [0.2, 0.25) is 0 Å². The summed E-state index contributed by atoms with van der Waals surface area (Å²) in [5.74, 6) is 0.839. The van der Waals surface area contributed by atoms with Gasteiger partial charge in [0.05, 0.1) is 6.54 Å². The Balaban J connectivity index is 1.86. The highest BCUT2D eigenvalue weighted by Crippen LogP contribution is 2.23. The minimum absolute atomic E-state index is 0.297. The predicted octanol–water partition coefficient (Wildman–Crippen LogP) is 3.01. The quantitative estimate of drug-likeness (QED) is 0.571. The summed E-state index contributed by atoms with van der Waals surface area (Å²) in [5, 5.41) is 0. The van der Waals surface area contributed by atoms with Crippen LogP contribution in [0.5, 0.6) is 0 Å². The second-order valence-electron chi connectivity index (χ2n) is 8.15. The Morgan fingerprint density at radius 3 is 2.50 bits per heavy atom. The van der Waals surface area contributed by atoms with Gasteiger partial charge in [-0.3, -0.25) is 18.8 Å². The molecular weight excluding hydrogens is 446 g/mol. The molecule has 4 rings (SSSR count). The maximum Gasteiger partial charge on any atom is 0.332 e. The second-order valence-corrected chi connectivity index (χ2v) is 9.06. The Hall–Kier alpha value is -2.19. The standard InChI is InChI=1S/C22H28BrN5O2/c1-4-17-7-5-6-12-27(17)14-18-24-20-19(21(29)26(3)22(30)25(20)2)28(18)13-15-8-10-16(23)11-9-15/h8-11,17H,4-7,12-14H2,1-3H3. The summed E-state index contributed by atoms with van der Waals surface area (Å²) in [4.78, 5) is 32.8. The van der Waals surface area contributed by atoms with E-state index < -0.39 is 0 Å². The lowest BCUT2D eigenvalue weighted by Crippen LogP contribution is -2.39. The maximum absolute atomic E-state index is 13.1. The van der Waals surface area contributed by atoms with Crippen molar-refractivity contribution in [2.45, 2.75) is 51.7 Å². The van der Waals surface area contributed by atoms with Crippen molar-refractivity contribution in [3.8, 4) is 0 Å². The van der Waals surface area contributed by atoms with Crippen molar-refractivity contribution in [2.24, 2.45) is 14.1 Å². The van der Waals surface area contributed by atoms with Crippen molar-refractivity contribution in [1.29, 1.82) is 0 Å². The molecule has 1 aliphatic heterocycles. The number of aromatic nitrogens is 4. The lowest BCUT2D eigenvalue weighted by atomic mass is 10.00. The molecule has 0 saturated carbocycles. The van der Waals surface area contributed by atoms with Crippen molar-refractivity contribution in [3.05, 3.63) is 61.0 Å². The van der Waals surface area contributed by atoms with E-state index >= 15 is 0 Å². The van der Waals surface area contributed by atoms with E-state index in [4.69, 9.17) is 4.98 Å². The van der Waals surface area contributed by atoms with E-state index in [-0.39, 0.29) is 11.2 Å². The molecule has 0 N–H and O–H groups in total. The normalized spacial score (nSPS) is 17.7. The number of aryl methyl sites for hydroxylation is 1. The second kappa shape index (κ2) is 8.51. The SMILES string of the molecule is CCC1CCCCN1Cc1nc2c(c(=O)n(C)c(=O)n2C)n1Cc1ccc(Br)cc1. The van der Waals surface area contributed by atoms with Gasteiger partial charge in [0, 0.05) is 31.2 Å². The van der Waals surface area contributed by atoms with E-state index in [9.17, 15) is 9.59 Å². The molecule has 1 atom stereocenters. The Kier molecular flexibility index (Phi) is 5.97. The Bertz CT molecular complexity index is 1180. The maximum atomic E-state index is 13.1. The molecule has 30 heavy (non-hydrogen) atoms. The van der Waals surface area contributed by atoms with E-state index in [0.29, 0.717) is 30.3 Å². The van der Waals surface area contributed by atoms with E-state index in [1.165, 1.54) is 35.4 Å². The number of hydrogen-bond acceptors (Lipinski definition) is 4. The van der Waals surface area contributed by atoms with Gasteiger partial charge in [0.1, 0.15) is 5.82 Å². The van der Waals surface area contributed by atoms with Crippen molar-refractivity contribution in [2.75, 3.05) is 6.54 Å². The molecule has 1 aliphatic rings. The molecule has 1 aromatic carbocycles. The van der Waals surface area contributed by atoms with Crippen molar-refractivity contribution >= 4 is 27.1 Å². The summed E-state index contributed by atoms with van der Waals surface area (Å²) in [7, 11) is 3.21. The number of imidazole rings is 1. The lowest BCUT2D eigenvalue weighted by Gasteiger charge is -2.34. The van der Waals surface area contributed by atoms with E-state index in [1.807, 2.05) is 28.8 Å². The van der Waals surface area contributed by atoms with E-state index in [0.717, 1.165) is 28.8 Å². The van der Waals surface area contributed by atoms with Crippen LogP contribution in [0, 0.1) is 0 Å². The van der Waals surface area contributed by atoms with Crippen LogP contribution in [0.4, 0.5) is 0 Å². The highest BCUT2D eigenvalue weighted by Gasteiger charge is 2.25. The Labute approximate surface area is 184 Å². The molecule has 0 spiro atoms. The van der Waals surface area contributed by atoms with Gasteiger partial charge in [0.25, 0.3) is 5.56 Å². The number of halogens is 1. The van der Waals surface area contributed by atoms with Crippen LogP contribution in [0.1, 0.15) is 44.0 Å². The molecule has 3 aromatic rings. The van der Waals surface area contributed by atoms with Gasteiger partial charge < -0.3 is 4.57 Å². The van der Waals surface area contributed by atoms with Gasteiger partial charge >= 0.3 is 5.69 Å². The lowest BCUT2D eigenvalue weighted by molar-refractivity contribution is 0.131. The van der Waals surface area contributed by atoms with Crippen LogP contribution >= 0.6 is 15.9 Å². The molecule has 160 valence electrons. The van der Waals surface area contributed by atoms with Gasteiger partial charge in [-0.1, -0.05) is 41.4 Å². The third-order valence-electron chi connectivity index (χ3n) is 6.25. The third-order valence-corrected chi connectivity index (χ3v) is 6.77. The summed E-state index contributed by atoms with van der Waals surface area (Å²) in [6.07, 6.45) is 4.75. The number of rotatable bonds is 5. The monoisotopic (exact) mass is 473 g/mol. The van der Waals surface area contributed by atoms with Crippen LogP contribution < -0.4 is 11.2 Å². The first-order chi connectivity index (χ1) is 14.4. The number of piperidine rings is 1. The van der Waals surface area contributed by atoms with Gasteiger partial charge in [-0.2, -0.15) is 0 Å². The minimum atomic E-state index is -0.350. The highest BCUT2D eigenvalue weighted by atomic mass is 79.9. The average molecular weight is 474 g/mol. The number of hydrogen-bond donors (Lipinski definition) is 0. The van der Waals surface area contributed by atoms with Gasteiger partial charge in [-0.05, 0) is 43.5 Å². The molecule has 1 saturated heterocycles. The number of nitrogens with zero attached hydrogens (tertiary/aromatic N) is 5. The van der Waals surface area contributed by atoms with Gasteiger partial charge in [0.2, 0.25) is 0 Å². The molecule has 0 radical (unpaired) electrons. The van der Waals surface area contributed by atoms with Crippen LogP contribution in [0.15, 0.2) is 38.3 Å². The van der Waals surface area contributed by atoms with Crippen LogP contribution in [-0.4, -0.2) is 36.2 Å². The first kappa shape index (κ1) is 21.1. The number of likely N-dealkylation sites (tertiary alicyclic amines) is 1. The average Bonchev–Trinajstić information content (AvgIpc) is 3.10. The summed E-state index contributed by atoms with van der Waals surface area (Å²) >= 11 is 3.48. The highest BCUT2D eigenvalue weighted by molar-refractivity contribution is 9.10. The first-order valence-corrected chi connectivity index (χ1v) is 11.3. The molecule has 2 aromatic heterocycles. The zero-order chi connectivity index (χ0) is 21.4. The van der Waals surface area contributed by atoms with E-state index in [1.54, 1.807) is 7.05 Å². The van der Waals surface area contributed by atoms with Gasteiger partial charge in [-0.25, -0.2) is 9.78 Å². The summed E-state index contributed by atoms with van der Waals surface area (Å²) < 4.78 is 5.66. The fraction of sp³-hybridized carbons (Fsp3) is 0.500. The molecule has 0 amide bonds. The van der Waals surface area contributed by atoms with Crippen LogP contribution in [-0.2, 0) is 27.2 Å². The van der Waals surface area contributed by atoms with Crippen LogP contribution in [0.25, 0.3) is 11.2 Å². The third kappa shape index (κ3) is 3.78. The summed E-state index contributed by atoms with van der Waals surface area (Å²) in [5.41, 5.74) is 1.38.